The van der Waals surface area contributed by atoms with Crippen molar-refractivity contribution in [1.29, 1.82) is 0 Å². The minimum absolute atomic E-state index is 0.0148. The Morgan fingerprint density at radius 2 is 1.81 bits per heavy atom. The average molecular weight is 370 g/mol. The van der Waals surface area contributed by atoms with E-state index in [9.17, 15) is 14.7 Å². The molecule has 0 saturated heterocycles. The molecule has 0 fully saturated rings. The van der Waals surface area contributed by atoms with Gasteiger partial charge >= 0.3 is 6.16 Å². The summed E-state index contributed by atoms with van der Waals surface area (Å²) in [7, 11) is 0. The standard InChI is InChI=1S/C21H22O6/c1-12-8-9-13(15-7-6-10-25-15)11-14(12)16-17(22)20(2,3)27-21(4,5)18(16)26-19(23)24/h6-11H,1-5H3,(H,23,24). The van der Waals surface area contributed by atoms with Gasteiger partial charge < -0.3 is 19.0 Å². The van der Waals surface area contributed by atoms with E-state index in [1.165, 1.54) is 0 Å². The number of Topliss-reactive ketones (excluding diaryl/α,β-unsaturated/α-hetero) is 1. The molecular weight excluding hydrogens is 348 g/mol. The first-order valence-corrected chi connectivity index (χ1v) is 8.58. The highest BCUT2D eigenvalue weighted by Gasteiger charge is 2.49. The van der Waals surface area contributed by atoms with Gasteiger partial charge in [-0.2, -0.15) is 0 Å². The minimum Gasteiger partial charge on any atom is -0.464 e. The highest BCUT2D eigenvalue weighted by atomic mass is 16.7. The number of carbonyl (C=O) groups is 2. The molecule has 1 aromatic heterocycles. The van der Waals surface area contributed by atoms with E-state index in [1.54, 1.807) is 40.0 Å². The van der Waals surface area contributed by atoms with E-state index in [2.05, 4.69) is 0 Å². The summed E-state index contributed by atoms with van der Waals surface area (Å²) in [4.78, 5) is 24.5. The van der Waals surface area contributed by atoms with Crippen molar-refractivity contribution in [1.82, 2.24) is 0 Å². The molecule has 2 aromatic rings. The third kappa shape index (κ3) is 3.40. The summed E-state index contributed by atoms with van der Waals surface area (Å²) in [6, 6.07) is 9.15. The van der Waals surface area contributed by atoms with E-state index in [0.29, 0.717) is 11.3 Å². The highest BCUT2D eigenvalue weighted by Crippen LogP contribution is 2.43. The smallest absolute Gasteiger partial charge is 0.464 e. The summed E-state index contributed by atoms with van der Waals surface area (Å²) in [6.45, 7) is 8.56. The van der Waals surface area contributed by atoms with Crippen molar-refractivity contribution in [3.8, 4) is 11.3 Å². The van der Waals surface area contributed by atoms with Crippen LogP contribution in [0.15, 0.2) is 46.8 Å². The Labute approximate surface area is 157 Å². The lowest BCUT2D eigenvalue weighted by molar-refractivity contribution is -0.158. The van der Waals surface area contributed by atoms with Crippen molar-refractivity contribution in [3.63, 3.8) is 0 Å². The van der Waals surface area contributed by atoms with E-state index >= 15 is 0 Å². The van der Waals surface area contributed by atoms with Gasteiger partial charge in [-0.05, 0) is 63.9 Å². The van der Waals surface area contributed by atoms with Crippen LogP contribution in [-0.4, -0.2) is 28.2 Å². The molecule has 6 heteroatoms. The lowest BCUT2D eigenvalue weighted by atomic mass is 9.81. The molecule has 6 nitrogen and oxygen atoms in total. The number of ketones is 1. The molecule has 0 radical (unpaired) electrons. The quantitative estimate of drug-likeness (QED) is 0.780. The topological polar surface area (TPSA) is 86.0 Å². The Bertz CT molecular complexity index is 932. The molecular formula is C21H22O6. The van der Waals surface area contributed by atoms with E-state index in [0.717, 1.165) is 11.1 Å². The molecule has 0 amide bonds. The molecule has 1 aliphatic heterocycles. The van der Waals surface area contributed by atoms with Gasteiger partial charge in [-0.15, -0.1) is 0 Å². The Hall–Kier alpha value is -2.86. The first-order valence-electron chi connectivity index (χ1n) is 8.58. The van der Waals surface area contributed by atoms with Crippen molar-refractivity contribution in [2.75, 3.05) is 0 Å². The van der Waals surface area contributed by atoms with Gasteiger partial charge in [0, 0.05) is 5.56 Å². The van der Waals surface area contributed by atoms with E-state index < -0.39 is 17.4 Å². The largest absolute Gasteiger partial charge is 0.511 e. The van der Waals surface area contributed by atoms with Crippen LogP contribution in [0.1, 0.15) is 38.8 Å². The van der Waals surface area contributed by atoms with Crippen LogP contribution in [0.3, 0.4) is 0 Å². The van der Waals surface area contributed by atoms with Crippen LogP contribution >= 0.6 is 0 Å². The molecule has 3 rings (SSSR count). The van der Waals surface area contributed by atoms with Gasteiger partial charge in [-0.3, -0.25) is 4.79 Å². The van der Waals surface area contributed by atoms with Gasteiger partial charge in [0.25, 0.3) is 0 Å². The molecule has 1 aliphatic rings. The fraction of sp³-hybridized carbons (Fsp3) is 0.333. The van der Waals surface area contributed by atoms with E-state index in [4.69, 9.17) is 13.9 Å². The third-order valence-corrected chi connectivity index (χ3v) is 4.56. The van der Waals surface area contributed by atoms with Crippen molar-refractivity contribution < 1.29 is 28.6 Å². The zero-order valence-corrected chi connectivity index (χ0v) is 16.0. The molecule has 0 atom stereocenters. The van der Waals surface area contributed by atoms with E-state index in [-0.39, 0.29) is 17.1 Å². The number of ether oxygens (including phenoxy) is 2. The summed E-state index contributed by atoms with van der Waals surface area (Å²) in [6.07, 6.45) is 0.0744. The van der Waals surface area contributed by atoms with Crippen molar-refractivity contribution >= 4 is 17.5 Å². The van der Waals surface area contributed by atoms with Crippen LogP contribution in [-0.2, 0) is 14.3 Å². The second kappa shape index (κ2) is 6.39. The Balaban J connectivity index is 2.29. The summed E-state index contributed by atoms with van der Waals surface area (Å²) in [5.41, 5.74) is 0.167. The number of aryl methyl sites for hydroxylation is 1. The van der Waals surface area contributed by atoms with Crippen LogP contribution in [0.4, 0.5) is 4.79 Å². The van der Waals surface area contributed by atoms with Crippen LogP contribution in [0, 0.1) is 6.92 Å². The van der Waals surface area contributed by atoms with Crippen molar-refractivity contribution in [2.45, 2.75) is 45.8 Å². The number of benzene rings is 1. The zero-order chi connectivity index (χ0) is 20.0. The van der Waals surface area contributed by atoms with Gasteiger partial charge in [-0.1, -0.05) is 12.1 Å². The summed E-state index contributed by atoms with van der Waals surface area (Å²) >= 11 is 0. The van der Waals surface area contributed by atoms with Gasteiger partial charge in [0.1, 0.15) is 17.0 Å². The molecule has 0 unspecified atom stereocenters. The SMILES string of the molecule is Cc1ccc(-c2ccco2)cc1C1=C(OC(=O)O)C(C)(C)OC(C)(C)C1=O. The molecule has 2 heterocycles. The van der Waals surface area contributed by atoms with Gasteiger partial charge in [0.05, 0.1) is 11.8 Å². The summed E-state index contributed by atoms with van der Waals surface area (Å²) in [5.74, 6) is 0.298. The second-order valence-electron chi connectivity index (χ2n) is 7.53. The molecule has 0 spiro atoms. The Kier molecular flexibility index (Phi) is 4.48. The predicted octanol–water partition coefficient (Wildman–Crippen LogP) is 4.82. The number of rotatable bonds is 3. The number of hydrogen-bond donors (Lipinski definition) is 1. The maximum absolute atomic E-state index is 13.2. The van der Waals surface area contributed by atoms with Gasteiger partial charge in [-0.25, -0.2) is 4.79 Å². The number of hydrogen-bond acceptors (Lipinski definition) is 5. The number of carboxylic acid groups (broad SMARTS) is 1. The van der Waals surface area contributed by atoms with E-state index in [1.807, 2.05) is 31.2 Å². The number of furan rings is 1. The summed E-state index contributed by atoms with van der Waals surface area (Å²) in [5, 5.41) is 9.21. The van der Waals surface area contributed by atoms with Gasteiger partial charge in [0.2, 0.25) is 0 Å². The fourth-order valence-corrected chi connectivity index (χ4v) is 3.43. The molecule has 1 aromatic carbocycles. The lowest BCUT2D eigenvalue weighted by Crippen LogP contribution is -2.50. The third-order valence-electron chi connectivity index (χ3n) is 4.56. The van der Waals surface area contributed by atoms with Gasteiger partial charge in [0.15, 0.2) is 11.5 Å². The monoisotopic (exact) mass is 370 g/mol. The lowest BCUT2D eigenvalue weighted by Gasteiger charge is -2.41. The summed E-state index contributed by atoms with van der Waals surface area (Å²) < 4.78 is 16.4. The molecule has 0 aliphatic carbocycles. The maximum atomic E-state index is 13.2. The highest BCUT2D eigenvalue weighted by molar-refractivity contribution is 6.26. The second-order valence-corrected chi connectivity index (χ2v) is 7.53. The minimum atomic E-state index is -1.49. The van der Waals surface area contributed by atoms with Crippen LogP contribution in [0.2, 0.25) is 0 Å². The number of carbonyl (C=O) groups excluding carboxylic acids is 1. The molecule has 0 saturated carbocycles. The first kappa shape index (κ1) is 18.9. The Morgan fingerprint density at radius 3 is 2.41 bits per heavy atom. The maximum Gasteiger partial charge on any atom is 0.511 e. The van der Waals surface area contributed by atoms with Crippen molar-refractivity contribution in [2.24, 2.45) is 0 Å². The van der Waals surface area contributed by atoms with Crippen LogP contribution < -0.4 is 0 Å². The normalized spacial score (nSPS) is 18.5. The fourth-order valence-electron chi connectivity index (χ4n) is 3.43. The molecule has 1 N–H and O–H groups in total. The Morgan fingerprint density at radius 1 is 1.11 bits per heavy atom. The average Bonchev–Trinajstić information content (AvgIpc) is 3.07. The van der Waals surface area contributed by atoms with Crippen LogP contribution in [0.25, 0.3) is 16.9 Å². The predicted molar refractivity (Wildman–Crippen MR) is 99.2 cm³/mol. The molecule has 0 bridgehead atoms. The molecule has 142 valence electrons. The van der Waals surface area contributed by atoms with Crippen molar-refractivity contribution in [3.05, 3.63) is 53.5 Å². The first-order chi connectivity index (χ1) is 12.5. The zero-order valence-electron chi connectivity index (χ0n) is 16.0. The van der Waals surface area contributed by atoms with Crippen LogP contribution in [0.5, 0.6) is 0 Å². The molecule has 27 heavy (non-hydrogen) atoms.